The van der Waals surface area contributed by atoms with Crippen molar-refractivity contribution in [3.05, 3.63) is 56.0 Å². The average molecular weight is 433 g/mol. The van der Waals surface area contributed by atoms with Crippen LogP contribution in [0.1, 0.15) is 18.6 Å². The summed E-state index contributed by atoms with van der Waals surface area (Å²) >= 11 is 27.8. The molecular weight excluding hydrogens is 421 g/mol. The summed E-state index contributed by atoms with van der Waals surface area (Å²) in [7, 11) is 0. The van der Waals surface area contributed by atoms with E-state index in [4.69, 9.17) is 68.4 Å². The molecule has 0 aromatic carbocycles. The lowest BCUT2D eigenvalue weighted by molar-refractivity contribution is 0.320. The predicted octanol–water partition coefficient (Wildman–Crippen LogP) is 5.60. The maximum Gasteiger partial charge on any atom is 0.176 e. The van der Waals surface area contributed by atoms with Crippen LogP contribution in [0.3, 0.4) is 0 Å². The summed E-state index contributed by atoms with van der Waals surface area (Å²) in [5.41, 5.74) is 1.01. The first-order valence-electron chi connectivity index (χ1n) is 5.56. The summed E-state index contributed by atoms with van der Waals surface area (Å²) in [6.07, 6.45) is 4.03. The summed E-state index contributed by atoms with van der Waals surface area (Å²) in [5.74, 6) is 0. The minimum Gasteiger partial charge on any atom is -0.411 e. The molecule has 0 bridgehead atoms. The molecule has 11 heteroatoms. The van der Waals surface area contributed by atoms with E-state index in [1.807, 2.05) is 0 Å². The quantitative estimate of drug-likeness (QED) is 0.280. The molecule has 130 valence electrons. The zero-order valence-electron chi connectivity index (χ0n) is 11.0. The third-order valence-corrected chi connectivity index (χ3v) is 3.81. The van der Waals surface area contributed by atoms with E-state index in [0.29, 0.717) is 16.1 Å². The molecule has 24 heavy (non-hydrogen) atoms. The van der Waals surface area contributed by atoms with Gasteiger partial charge in [0.05, 0.1) is 16.3 Å². The highest BCUT2D eigenvalue weighted by molar-refractivity contribution is 6.69. The Morgan fingerprint density at radius 2 is 1.50 bits per heavy atom. The second-order valence-corrected chi connectivity index (χ2v) is 5.56. The van der Waals surface area contributed by atoms with Crippen molar-refractivity contribution in [2.45, 2.75) is 7.43 Å². The molecule has 0 aliphatic carbocycles. The number of aromatic nitrogens is 2. The van der Waals surface area contributed by atoms with Crippen molar-refractivity contribution in [3.8, 4) is 0 Å². The summed E-state index contributed by atoms with van der Waals surface area (Å²) in [6, 6.07) is 3.01. The molecule has 0 amide bonds. The predicted molar refractivity (Wildman–Crippen MR) is 98.8 cm³/mol. The van der Waals surface area contributed by atoms with Crippen molar-refractivity contribution >= 4 is 69.4 Å². The molecule has 0 radical (unpaired) electrons. The Hall–Kier alpha value is -1.31. The Morgan fingerprint density at radius 1 is 0.958 bits per heavy atom. The number of oxime groups is 2. The van der Waals surface area contributed by atoms with Crippen LogP contribution in [-0.4, -0.2) is 31.8 Å². The van der Waals surface area contributed by atoms with Crippen LogP contribution in [0.25, 0.3) is 0 Å². The molecule has 2 aromatic rings. The van der Waals surface area contributed by atoms with Gasteiger partial charge >= 0.3 is 0 Å². The number of rotatable bonds is 2. The molecule has 0 saturated carbocycles. The van der Waals surface area contributed by atoms with Crippen molar-refractivity contribution in [3.63, 3.8) is 0 Å². The van der Waals surface area contributed by atoms with E-state index in [9.17, 15) is 0 Å². The van der Waals surface area contributed by atoms with E-state index in [0.717, 1.165) is 0 Å². The number of hydrogen-bond acceptors (Lipinski definition) is 6. The number of nitrogens with zero attached hydrogens (tertiary/aromatic N) is 4. The van der Waals surface area contributed by atoms with Gasteiger partial charge in [-0.25, -0.2) is 9.97 Å². The lowest BCUT2D eigenvalue weighted by Crippen LogP contribution is -1.92. The van der Waals surface area contributed by atoms with Crippen molar-refractivity contribution < 1.29 is 10.4 Å². The molecule has 0 aliphatic rings. The molecule has 0 atom stereocenters. The average Bonchev–Trinajstić information content (AvgIpc) is 2.54. The van der Waals surface area contributed by atoms with Crippen LogP contribution in [-0.2, 0) is 0 Å². The van der Waals surface area contributed by atoms with Gasteiger partial charge < -0.3 is 10.4 Å². The van der Waals surface area contributed by atoms with Gasteiger partial charge in [-0.05, 0) is 12.1 Å². The van der Waals surface area contributed by atoms with E-state index in [-0.39, 0.29) is 27.9 Å². The fourth-order valence-corrected chi connectivity index (χ4v) is 1.82. The van der Waals surface area contributed by atoms with E-state index in [2.05, 4.69) is 20.3 Å². The van der Waals surface area contributed by atoms with Crippen LogP contribution in [0.5, 0.6) is 0 Å². The first kappa shape index (κ1) is 22.7. The molecule has 0 saturated heterocycles. The van der Waals surface area contributed by atoms with Gasteiger partial charge in [0.1, 0.15) is 10.3 Å². The molecule has 0 unspecified atom stereocenters. The van der Waals surface area contributed by atoms with Crippen LogP contribution >= 0.6 is 58.0 Å². The summed E-state index contributed by atoms with van der Waals surface area (Å²) < 4.78 is 0. The van der Waals surface area contributed by atoms with Crippen molar-refractivity contribution in [1.82, 2.24) is 9.97 Å². The zero-order valence-corrected chi connectivity index (χ0v) is 14.7. The Morgan fingerprint density at radius 3 is 1.96 bits per heavy atom. The fraction of sp³-hybridized carbons (Fsp3) is 0.0769. The first-order chi connectivity index (χ1) is 10.9. The molecule has 2 N–H and O–H groups in total. The van der Waals surface area contributed by atoms with Gasteiger partial charge in [-0.1, -0.05) is 75.7 Å². The van der Waals surface area contributed by atoms with Gasteiger partial charge in [0, 0.05) is 23.5 Å². The monoisotopic (exact) mass is 430 g/mol. The third-order valence-electron chi connectivity index (χ3n) is 2.15. The molecule has 2 heterocycles. The lowest BCUT2D eigenvalue weighted by Gasteiger charge is -1.97. The van der Waals surface area contributed by atoms with Crippen molar-refractivity contribution in [1.29, 1.82) is 0 Å². The minimum absolute atomic E-state index is 0. The molecule has 0 spiro atoms. The van der Waals surface area contributed by atoms with Crippen molar-refractivity contribution in [2.24, 2.45) is 10.3 Å². The zero-order chi connectivity index (χ0) is 17.4. The topological polar surface area (TPSA) is 91.0 Å². The van der Waals surface area contributed by atoms with Crippen molar-refractivity contribution in [2.75, 3.05) is 0 Å². The molecular formula is C13H11Cl5N4O2. The Balaban J connectivity index is 0.000000425. The first-order valence-corrected chi connectivity index (χ1v) is 7.45. The van der Waals surface area contributed by atoms with Gasteiger partial charge in [0.2, 0.25) is 0 Å². The number of halogens is 5. The van der Waals surface area contributed by atoms with Crippen LogP contribution in [0.15, 0.2) is 34.8 Å². The number of pyridine rings is 2. The smallest absolute Gasteiger partial charge is 0.176 e. The Bertz CT molecular complexity index is 740. The maximum atomic E-state index is 8.30. The Kier molecular flexibility index (Phi) is 10.7. The molecule has 0 aliphatic heterocycles. The van der Waals surface area contributed by atoms with Crippen LogP contribution in [0.2, 0.25) is 20.4 Å². The second kappa shape index (κ2) is 11.3. The lowest BCUT2D eigenvalue weighted by atomic mass is 10.3. The van der Waals surface area contributed by atoms with Crippen LogP contribution < -0.4 is 0 Å². The standard InChI is InChI=1S/C6H3Cl3N2O.C6H4Cl2N2O.CH4/c7-4-1-3(5(8)11-12)2-10-6(4)9;7-5-1-4(3-10-11)2-9-6(5)8;/h1-2,12H;1-3,11H;1H4/b11-5+;10-3-;. The highest BCUT2D eigenvalue weighted by atomic mass is 35.5. The van der Waals surface area contributed by atoms with Gasteiger partial charge in [-0.3, -0.25) is 0 Å². The second-order valence-electron chi connectivity index (χ2n) is 3.67. The molecule has 6 nitrogen and oxygen atoms in total. The van der Waals surface area contributed by atoms with Gasteiger partial charge in [-0.15, -0.1) is 0 Å². The van der Waals surface area contributed by atoms with Crippen LogP contribution in [0, 0.1) is 0 Å². The van der Waals surface area contributed by atoms with Crippen LogP contribution in [0.4, 0.5) is 0 Å². The number of hydrogen-bond donors (Lipinski definition) is 2. The van der Waals surface area contributed by atoms with Gasteiger partial charge in [0.15, 0.2) is 5.17 Å². The van der Waals surface area contributed by atoms with Gasteiger partial charge in [0.25, 0.3) is 0 Å². The summed E-state index contributed by atoms with van der Waals surface area (Å²) in [4.78, 5) is 7.43. The molecule has 0 fully saturated rings. The molecule has 2 rings (SSSR count). The largest absolute Gasteiger partial charge is 0.411 e. The van der Waals surface area contributed by atoms with E-state index in [1.54, 1.807) is 6.07 Å². The Labute approximate surface area is 163 Å². The SMILES string of the molecule is C.O/N=C(/Cl)c1cnc(Cl)c(Cl)c1.O/N=C\c1cnc(Cl)c(Cl)c1. The summed E-state index contributed by atoms with van der Waals surface area (Å²) in [6.45, 7) is 0. The van der Waals surface area contributed by atoms with E-state index < -0.39 is 0 Å². The maximum absolute atomic E-state index is 8.30. The molecule has 2 aromatic heterocycles. The normalized spacial score (nSPS) is 10.8. The van der Waals surface area contributed by atoms with E-state index in [1.165, 1.54) is 24.7 Å². The minimum atomic E-state index is -0.0823. The summed E-state index contributed by atoms with van der Waals surface area (Å²) in [5, 5.41) is 23.0. The fourth-order valence-electron chi connectivity index (χ4n) is 1.17. The van der Waals surface area contributed by atoms with E-state index >= 15 is 0 Å². The highest BCUT2D eigenvalue weighted by Gasteiger charge is 2.04. The highest BCUT2D eigenvalue weighted by Crippen LogP contribution is 2.20. The third kappa shape index (κ3) is 7.07. The van der Waals surface area contributed by atoms with Gasteiger partial charge in [-0.2, -0.15) is 0 Å².